The lowest BCUT2D eigenvalue weighted by Gasteiger charge is -2.22. The van der Waals surface area contributed by atoms with Gasteiger partial charge >= 0.3 is 0 Å². The first-order chi connectivity index (χ1) is 10.2. The van der Waals surface area contributed by atoms with Crippen LogP contribution in [0.15, 0.2) is 24.3 Å². The summed E-state index contributed by atoms with van der Waals surface area (Å²) in [5.74, 6) is 0.512. The van der Waals surface area contributed by atoms with Crippen LogP contribution in [0.3, 0.4) is 0 Å². The molecule has 4 heteroatoms. The molecule has 21 heavy (non-hydrogen) atoms. The number of hydrogen-bond donors (Lipinski definition) is 1. The molecule has 1 aliphatic heterocycles. The Balaban J connectivity index is 1.86. The molecule has 1 aromatic rings. The number of benzene rings is 1. The first-order valence-corrected chi connectivity index (χ1v) is 7.93. The molecule has 2 unspecified atom stereocenters. The zero-order chi connectivity index (χ0) is 15.1. The van der Waals surface area contributed by atoms with E-state index in [1.165, 1.54) is 12.5 Å². The van der Waals surface area contributed by atoms with Crippen molar-refractivity contribution in [3.05, 3.63) is 35.6 Å². The van der Waals surface area contributed by atoms with Crippen molar-refractivity contribution in [1.82, 2.24) is 10.2 Å². The number of nitrogens with one attached hydrogen (secondary N) is 1. The molecule has 3 nitrogen and oxygen atoms in total. The Labute approximate surface area is 127 Å². The highest BCUT2D eigenvalue weighted by Gasteiger charge is 2.23. The quantitative estimate of drug-likeness (QED) is 0.798. The lowest BCUT2D eigenvalue weighted by Crippen LogP contribution is -2.28. The van der Waals surface area contributed by atoms with Crippen LogP contribution in [0.2, 0.25) is 0 Å². The van der Waals surface area contributed by atoms with Crippen molar-refractivity contribution in [2.24, 2.45) is 5.92 Å². The first kappa shape index (κ1) is 16.4. The van der Waals surface area contributed by atoms with E-state index in [1.54, 1.807) is 19.2 Å². The maximum absolute atomic E-state index is 13.4. The van der Waals surface area contributed by atoms with Crippen molar-refractivity contribution in [1.29, 1.82) is 0 Å². The van der Waals surface area contributed by atoms with Crippen LogP contribution in [0.25, 0.3) is 0 Å². The van der Waals surface area contributed by atoms with Crippen LogP contribution in [0.5, 0.6) is 0 Å². The summed E-state index contributed by atoms with van der Waals surface area (Å²) in [5, 5.41) is 3.47. The summed E-state index contributed by atoms with van der Waals surface area (Å²) in [4.78, 5) is 2.49. The molecule has 0 saturated carbocycles. The van der Waals surface area contributed by atoms with Gasteiger partial charge in [0, 0.05) is 19.7 Å². The minimum absolute atomic E-state index is 0.156. The zero-order valence-corrected chi connectivity index (χ0v) is 13.1. The van der Waals surface area contributed by atoms with Crippen molar-refractivity contribution in [3.8, 4) is 0 Å². The van der Waals surface area contributed by atoms with Crippen molar-refractivity contribution >= 4 is 0 Å². The molecule has 1 fully saturated rings. The number of rotatable bonds is 8. The van der Waals surface area contributed by atoms with Gasteiger partial charge < -0.3 is 15.0 Å². The van der Waals surface area contributed by atoms with Gasteiger partial charge in [0.1, 0.15) is 5.82 Å². The minimum Gasteiger partial charge on any atom is -0.384 e. The number of halogens is 1. The molecule has 0 amide bonds. The highest BCUT2D eigenvalue weighted by Crippen LogP contribution is 2.21. The molecule has 1 aromatic carbocycles. The van der Waals surface area contributed by atoms with Crippen LogP contribution in [0.1, 0.15) is 31.4 Å². The highest BCUT2D eigenvalue weighted by atomic mass is 19.1. The fraction of sp³-hybridized carbons (Fsp3) is 0.647. The van der Waals surface area contributed by atoms with E-state index in [4.69, 9.17) is 4.74 Å². The molecule has 118 valence electrons. The summed E-state index contributed by atoms with van der Waals surface area (Å²) in [6.45, 7) is 7.17. The second-order valence-electron chi connectivity index (χ2n) is 5.86. The Morgan fingerprint density at radius 3 is 3.05 bits per heavy atom. The Morgan fingerprint density at radius 1 is 1.48 bits per heavy atom. The summed E-state index contributed by atoms with van der Waals surface area (Å²) < 4.78 is 18.6. The average Bonchev–Trinajstić information content (AvgIpc) is 2.91. The van der Waals surface area contributed by atoms with E-state index in [2.05, 4.69) is 17.1 Å². The van der Waals surface area contributed by atoms with Crippen LogP contribution in [0.4, 0.5) is 4.39 Å². The molecule has 1 heterocycles. The van der Waals surface area contributed by atoms with Crippen LogP contribution in [-0.2, 0) is 4.74 Å². The monoisotopic (exact) mass is 294 g/mol. The van der Waals surface area contributed by atoms with Gasteiger partial charge in [0.05, 0.1) is 6.61 Å². The van der Waals surface area contributed by atoms with E-state index < -0.39 is 0 Å². The molecule has 0 aromatic heterocycles. The fourth-order valence-electron chi connectivity index (χ4n) is 3.16. The van der Waals surface area contributed by atoms with Crippen molar-refractivity contribution < 1.29 is 9.13 Å². The predicted octanol–water partition coefficient (Wildman–Crippen LogP) is 2.83. The van der Waals surface area contributed by atoms with Gasteiger partial charge in [0.2, 0.25) is 0 Å². The highest BCUT2D eigenvalue weighted by molar-refractivity contribution is 5.20. The van der Waals surface area contributed by atoms with E-state index in [9.17, 15) is 4.39 Å². The van der Waals surface area contributed by atoms with E-state index >= 15 is 0 Å². The topological polar surface area (TPSA) is 24.5 Å². The second kappa shape index (κ2) is 8.47. The zero-order valence-electron chi connectivity index (χ0n) is 13.1. The van der Waals surface area contributed by atoms with Gasteiger partial charge in [-0.15, -0.1) is 0 Å². The van der Waals surface area contributed by atoms with Crippen LogP contribution < -0.4 is 5.32 Å². The Morgan fingerprint density at radius 2 is 2.33 bits per heavy atom. The summed E-state index contributed by atoms with van der Waals surface area (Å²) >= 11 is 0. The molecular formula is C17H27FN2O. The summed E-state index contributed by atoms with van der Waals surface area (Å²) in [7, 11) is 1.77. The van der Waals surface area contributed by atoms with Crippen LogP contribution in [0, 0.1) is 11.7 Å². The second-order valence-corrected chi connectivity index (χ2v) is 5.86. The molecule has 0 radical (unpaired) electrons. The normalized spacial score (nSPS) is 20.8. The van der Waals surface area contributed by atoms with Gasteiger partial charge in [-0.05, 0) is 56.1 Å². The molecule has 0 spiro atoms. The average molecular weight is 294 g/mol. The van der Waals surface area contributed by atoms with Gasteiger partial charge in [-0.3, -0.25) is 0 Å². The third-order valence-electron chi connectivity index (χ3n) is 4.21. The van der Waals surface area contributed by atoms with Crippen molar-refractivity contribution in [3.63, 3.8) is 0 Å². The third kappa shape index (κ3) is 5.06. The maximum Gasteiger partial charge on any atom is 0.123 e. The predicted molar refractivity (Wildman–Crippen MR) is 83.9 cm³/mol. The molecule has 1 aliphatic rings. The molecule has 1 saturated heterocycles. The van der Waals surface area contributed by atoms with Gasteiger partial charge in [0.15, 0.2) is 0 Å². The van der Waals surface area contributed by atoms with Crippen molar-refractivity contribution in [2.75, 3.05) is 39.9 Å². The molecule has 1 N–H and O–H groups in total. The van der Waals surface area contributed by atoms with E-state index in [0.717, 1.165) is 44.8 Å². The maximum atomic E-state index is 13.4. The summed E-state index contributed by atoms with van der Waals surface area (Å²) in [5.41, 5.74) is 1.05. The molecular weight excluding hydrogens is 267 g/mol. The van der Waals surface area contributed by atoms with Crippen LogP contribution in [-0.4, -0.2) is 44.8 Å². The molecule has 0 bridgehead atoms. The molecule has 0 aliphatic carbocycles. The third-order valence-corrected chi connectivity index (χ3v) is 4.21. The lowest BCUT2D eigenvalue weighted by molar-refractivity contribution is 0.152. The van der Waals surface area contributed by atoms with Gasteiger partial charge in [-0.1, -0.05) is 19.1 Å². The summed E-state index contributed by atoms with van der Waals surface area (Å²) in [6.07, 6.45) is 2.23. The molecule has 2 atom stereocenters. The van der Waals surface area contributed by atoms with Crippen LogP contribution >= 0.6 is 0 Å². The Kier molecular flexibility index (Phi) is 6.61. The number of nitrogens with zero attached hydrogens (tertiary/aromatic N) is 1. The van der Waals surface area contributed by atoms with Gasteiger partial charge in [0.25, 0.3) is 0 Å². The number of hydrogen-bond acceptors (Lipinski definition) is 3. The summed E-state index contributed by atoms with van der Waals surface area (Å²) in [6, 6.07) is 7.17. The minimum atomic E-state index is -0.156. The first-order valence-electron chi connectivity index (χ1n) is 7.93. The number of likely N-dealkylation sites (tertiary alicyclic amines) is 1. The van der Waals surface area contributed by atoms with E-state index in [-0.39, 0.29) is 11.9 Å². The van der Waals surface area contributed by atoms with Gasteiger partial charge in [-0.25, -0.2) is 4.39 Å². The van der Waals surface area contributed by atoms with E-state index in [1.807, 2.05) is 6.07 Å². The fourth-order valence-corrected chi connectivity index (χ4v) is 3.16. The smallest absolute Gasteiger partial charge is 0.123 e. The largest absolute Gasteiger partial charge is 0.384 e. The standard InChI is InChI=1S/C17H27FN2O/c1-3-19-17(15-5-4-6-16(18)11-15)8-10-20-9-7-14(12-20)13-21-2/h4-6,11,14,17,19H,3,7-10,12-13H2,1-2H3. The van der Waals surface area contributed by atoms with E-state index in [0.29, 0.717) is 5.92 Å². The Hall–Kier alpha value is -0.970. The number of ether oxygens (including phenoxy) is 1. The SMILES string of the molecule is CCNC(CCN1CCC(COC)C1)c1cccc(F)c1. The van der Waals surface area contributed by atoms with Gasteiger partial charge in [-0.2, -0.15) is 0 Å². The Bertz CT molecular complexity index is 427. The van der Waals surface area contributed by atoms with Crippen molar-refractivity contribution in [2.45, 2.75) is 25.8 Å². The number of methoxy groups -OCH3 is 1. The lowest BCUT2D eigenvalue weighted by atomic mass is 10.0. The molecule has 2 rings (SSSR count).